The van der Waals surface area contributed by atoms with Crippen molar-refractivity contribution in [2.75, 3.05) is 18.8 Å². The number of piperidine rings is 1. The first-order valence-electron chi connectivity index (χ1n) is 8.78. The lowest BCUT2D eigenvalue weighted by Gasteiger charge is -2.25. The Morgan fingerprint density at radius 3 is 2.38 bits per heavy atom. The third-order valence-electron chi connectivity index (χ3n) is 4.24. The van der Waals surface area contributed by atoms with Crippen LogP contribution in [0.4, 0.5) is 0 Å². The van der Waals surface area contributed by atoms with Crippen LogP contribution >= 0.6 is 11.8 Å². The number of sulfonamides is 1. The first kappa shape index (κ1) is 19.5. The summed E-state index contributed by atoms with van der Waals surface area (Å²) in [4.78, 5) is 13.1. The van der Waals surface area contributed by atoms with Gasteiger partial charge in [0.05, 0.1) is 10.6 Å². The second kappa shape index (κ2) is 9.59. The monoisotopic (exact) mass is 369 g/mol. The van der Waals surface area contributed by atoms with Crippen molar-refractivity contribution in [3.8, 4) is 0 Å². The number of rotatable bonds is 9. The van der Waals surface area contributed by atoms with Gasteiger partial charge >= 0.3 is 0 Å². The molecule has 0 aromatic heterocycles. The Morgan fingerprint density at radius 2 is 1.75 bits per heavy atom. The van der Waals surface area contributed by atoms with Crippen LogP contribution in [0.5, 0.6) is 0 Å². The average Bonchev–Trinajstić information content (AvgIpc) is 2.61. The molecule has 4 nitrogen and oxygen atoms in total. The van der Waals surface area contributed by atoms with Crippen LogP contribution < -0.4 is 0 Å². The molecule has 1 fully saturated rings. The molecule has 0 bridgehead atoms. The number of hydrogen-bond acceptors (Lipinski definition) is 4. The van der Waals surface area contributed by atoms with E-state index in [9.17, 15) is 13.2 Å². The normalized spacial score (nSPS) is 16.2. The van der Waals surface area contributed by atoms with Crippen molar-refractivity contribution < 1.29 is 13.2 Å². The summed E-state index contributed by atoms with van der Waals surface area (Å²) in [5.41, 5.74) is 0. The standard InChI is InChI=1S/C18H27NO3S2/c1-2-3-5-8-16(20)15-23-17-9-11-18(12-10-17)24(21,22)19-13-6-4-7-14-19/h9-12H,2-8,13-15H2,1H3. The summed E-state index contributed by atoms with van der Waals surface area (Å²) in [6, 6.07) is 6.93. The van der Waals surface area contributed by atoms with Gasteiger partial charge in [-0.15, -0.1) is 11.8 Å². The molecule has 1 aliphatic rings. The van der Waals surface area contributed by atoms with E-state index >= 15 is 0 Å². The predicted molar refractivity (Wildman–Crippen MR) is 98.9 cm³/mol. The minimum absolute atomic E-state index is 0.262. The van der Waals surface area contributed by atoms with Crippen LogP contribution in [0.25, 0.3) is 0 Å². The van der Waals surface area contributed by atoms with Crippen LogP contribution in [-0.2, 0) is 14.8 Å². The molecule has 1 aromatic rings. The first-order valence-corrected chi connectivity index (χ1v) is 11.2. The van der Waals surface area contributed by atoms with Gasteiger partial charge in [-0.3, -0.25) is 4.79 Å². The highest BCUT2D eigenvalue weighted by molar-refractivity contribution is 8.00. The molecule has 6 heteroatoms. The van der Waals surface area contributed by atoms with Crippen molar-refractivity contribution in [3.05, 3.63) is 24.3 Å². The van der Waals surface area contributed by atoms with E-state index in [0.29, 0.717) is 30.2 Å². The Kier molecular flexibility index (Phi) is 7.78. The zero-order valence-electron chi connectivity index (χ0n) is 14.4. The molecule has 0 spiro atoms. The van der Waals surface area contributed by atoms with E-state index in [-0.39, 0.29) is 5.78 Å². The van der Waals surface area contributed by atoms with E-state index in [1.165, 1.54) is 11.8 Å². The van der Waals surface area contributed by atoms with Crippen molar-refractivity contribution in [3.63, 3.8) is 0 Å². The Bertz CT molecular complexity index is 620. The second-order valence-corrected chi connectivity index (χ2v) is 9.21. The summed E-state index contributed by atoms with van der Waals surface area (Å²) >= 11 is 1.48. The molecule has 1 saturated heterocycles. The fourth-order valence-electron chi connectivity index (χ4n) is 2.77. The summed E-state index contributed by atoms with van der Waals surface area (Å²) < 4.78 is 26.7. The predicted octanol–water partition coefficient (Wildman–Crippen LogP) is 4.10. The smallest absolute Gasteiger partial charge is 0.243 e. The summed E-state index contributed by atoms with van der Waals surface area (Å²) in [6.45, 7) is 3.36. The minimum atomic E-state index is -3.37. The summed E-state index contributed by atoms with van der Waals surface area (Å²) in [6.07, 6.45) is 6.80. The Balaban J connectivity index is 1.89. The fraction of sp³-hybridized carbons (Fsp3) is 0.611. The molecular weight excluding hydrogens is 342 g/mol. The van der Waals surface area contributed by atoms with Crippen molar-refractivity contribution in [2.24, 2.45) is 0 Å². The number of thioether (sulfide) groups is 1. The molecule has 0 unspecified atom stereocenters. The van der Waals surface area contributed by atoms with Crippen molar-refractivity contribution in [1.82, 2.24) is 4.31 Å². The molecular formula is C18H27NO3S2. The van der Waals surface area contributed by atoms with Crippen LogP contribution in [0.1, 0.15) is 51.9 Å². The summed E-state index contributed by atoms with van der Waals surface area (Å²) in [5.74, 6) is 0.723. The molecule has 0 N–H and O–H groups in total. The van der Waals surface area contributed by atoms with E-state index < -0.39 is 10.0 Å². The van der Waals surface area contributed by atoms with Gasteiger partial charge in [-0.2, -0.15) is 4.31 Å². The van der Waals surface area contributed by atoms with E-state index in [2.05, 4.69) is 6.92 Å². The molecule has 24 heavy (non-hydrogen) atoms. The quantitative estimate of drug-likeness (QED) is 0.486. The lowest BCUT2D eigenvalue weighted by Crippen LogP contribution is -2.35. The largest absolute Gasteiger partial charge is 0.299 e. The van der Waals surface area contributed by atoms with Gasteiger partial charge in [-0.25, -0.2) is 8.42 Å². The molecule has 0 aliphatic carbocycles. The molecule has 2 rings (SSSR count). The fourth-order valence-corrected chi connectivity index (χ4v) is 5.09. The summed E-state index contributed by atoms with van der Waals surface area (Å²) in [5, 5.41) is 0. The van der Waals surface area contributed by atoms with Gasteiger partial charge in [0.1, 0.15) is 5.78 Å². The van der Waals surface area contributed by atoms with Crippen LogP contribution in [0.15, 0.2) is 34.1 Å². The van der Waals surface area contributed by atoms with Crippen molar-refractivity contribution in [2.45, 2.75) is 61.7 Å². The number of unbranched alkanes of at least 4 members (excludes halogenated alkanes) is 2. The number of Topliss-reactive ketones (excluding diaryl/α,β-unsaturated/α-hetero) is 1. The topological polar surface area (TPSA) is 54.5 Å². The molecule has 0 saturated carbocycles. The highest BCUT2D eigenvalue weighted by Crippen LogP contribution is 2.24. The van der Waals surface area contributed by atoms with Crippen LogP contribution in [0.3, 0.4) is 0 Å². The van der Waals surface area contributed by atoms with E-state index in [1.54, 1.807) is 28.6 Å². The molecule has 1 aromatic carbocycles. The number of nitrogens with zero attached hydrogens (tertiary/aromatic N) is 1. The maximum absolute atomic E-state index is 12.6. The number of carbonyl (C=O) groups excluding carboxylic acids is 1. The SMILES string of the molecule is CCCCCC(=O)CSc1ccc(S(=O)(=O)N2CCCCC2)cc1. The van der Waals surface area contributed by atoms with Crippen LogP contribution in [0.2, 0.25) is 0 Å². The van der Waals surface area contributed by atoms with E-state index in [1.807, 2.05) is 0 Å². The Morgan fingerprint density at radius 1 is 1.08 bits per heavy atom. The first-order chi connectivity index (χ1) is 11.5. The number of ketones is 1. The molecule has 134 valence electrons. The van der Waals surface area contributed by atoms with Gasteiger partial charge in [-0.1, -0.05) is 26.2 Å². The van der Waals surface area contributed by atoms with Crippen molar-refractivity contribution >= 4 is 27.6 Å². The second-order valence-electron chi connectivity index (χ2n) is 6.22. The zero-order valence-corrected chi connectivity index (χ0v) is 16.0. The molecule has 0 radical (unpaired) electrons. The molecule has 0 atom stereocenters. The van der Waals surface area contributed by atoms with Crippen LogP contribution in [0, 0.1) is 0 Å². The van der Waals surface area contributed by atoms with Gasteiger partial charge in [0.2, 0.25) is 10.0 Å². The number of carbonyl (C=O) groups is 1. The average molecular weight is 370 g/mol. The highest BCUT2D eigenvalue weighted by Gasteiger charge is 2.25. The lowest BCUT2D eigenvalue weighted by molar-refractivity contribution is -0.116. The molecule has 1 aliphatic heterocycles. The van der Waals surface area contributed by atoms with Crippen molar-refractivity contribution in [1.29, 1.82) is 0 Å². The number of benzene rings is 1. The minimum Gasteiger partial charge on any atom is -0.299 e. The van der Waals surface area contributed by atoms with E-state index in [4.69, 9.17) is 0 Å². The molecule has 1 heterocycles. The van der Waals surface area contributed by atoms with Gasteiger partial charge in [0, 0.05) is 24.4 Å². The zero-order chi connectivity index (χ0) is 17.4. The van der Waals surface area contributed by atoms with Gasteiger partial charge in [-0.05, 0) is 43.5 Å². The summed E-state index contributed by atoms with van der Waals surface area (Å²) in [7, 11) is -3.37. The third-order valence-corrected chi connectivity index (χ3v) is 7.22. The number of hydrogen-bond donors (Lipinski definition) is 0. The van der Waals surface area contributed by atoms with Crippen LogP contribution in [-0.4, -0.2) is 37.3 Å². The third kappa shape index (κ3) is 5.60. The maximum atomic E-state index is 12.6. The molecule has 0 amide bonds. The Labute approximate surface area is 150 Å². The lowest BCUT2D eigenvalue weighted by atomic mass is 10.2. The van der Waals surface area contributed by atoms with Gasteiger partial charge < -0.3 is 0 Å². The van der Waals surface area contributed by atoms with E-state index in [0.717, 1.165) is 43.4 Å². The van der Waals surface area contributed by atoms with Gasteiger partial charge in [0.25, 0.3) is 0 Å². The Hall–Kier alpha value is -0.850. The highest BCUT2D eigenvalue weighted by atomic mass is 32.2. The van der Waals surface area contributed by atoms with Gasteiger partial charge in [0.15, 0.2) is 0 Å². The maximum Gasteiger partial charge on any atom is 0.243 e.